The van der Waals surface area contributed by atoms with Gasteiger partial charge in [0, 0.05) is 5.75 Å². The van der Waals surface area contributed by atoms with Gasteiger partial charge in [0.1, 0.15) is 11.4 Å². The molecule has 1 aromatic carbocycles. The maximum Gasteiger partial charge on any atom is 0.120 e. The van der Waals surface area contributed by atoms with Crippen molar-refractivity contribution in [3.05, 3.63) is 30.3 Å². The van der Waals surface area contributed by atoms with Gasteiger partial charge in [0.2, 0.25) is 0 Å². The van der Waals surface area contributed by atoms with Crippen molar-refractivity contribution in [1.29, 1.82) is 0 Å². The Labute approximate surface area is 79.2 Å². The quantitative estimate of drug-likeness (QED) is 0.705. The third-order valence-corrected chi connectivity index (χ3v) is 2.22. The Morgan fingerprint density at radius 1 is 1.58 bits per heavy atom. The molecule has 0 saturated heterocycles. The average Bonchev–Trinajstić information content (AvgIpc) is 2.06. The van der Waals surface area contributed by atoms with Gasteiger partial charge in [-0.2, -0.15) is 12.6 Å². The molecule has 0 spiro atoms. The van der Waals surface area contributed by atoms with Crippen LogP contribution in [0, 0.1) is 6.07 Å². The van der Waals surface area contributed by atoms with E-state index in [0.717, 1.165) is 5.75 Å². The van der Waals surface area contributed by atoms with Gasteiger partial charge in [-0.15, -0.1) is 0 Å². The standard InChI is InChI=1S/C10H13OS/c1-10(2,8-12)11-9-6-4-3-5-7-9/h3-4,6-7,12H,8H2,1-2H3. The van der Waals surface area contributed by atoms with Crippen LogP contribution < -0.4 is 4.74 Å². The Bertz CT molecular complexity index is 231. The zero-order valence-electron chi connectivity index (χ0n) is 7.37. The maximum absolute atomic E-state index is 5.64. The number of hydrogen-bond acceptors (Lipinski definition) is 2. The summed E-state index contributed by atoms with van der Waals surface area (Å²) in [6.45, 7) is 4.01. The lowest BCUT2D eigenvalue weighted by molar-refractivity contribution is 0.136. The molecule has 1 nitrogen and oxygen atoms in total. The number of ether oxygens (including phenoxy) is 1. The Morgan fingerprint density at radius 2 is 2.33 bits per heavy atom. The van der Waals surface area contributed by atoms with Crippen molar-refractivity contribution in [2.75, 3.05) is 5.75 Å². The van der Waals surface area contributed by atoms with Gasteiger partial charge in [0.15, 0.2) is 0 Å². The first-order valence-electron chi connectivity index (χ1n) is 3.90. The molecule has 0 heterocycles. The van der Waals surface area contributed by atoms with E-state index in [4.69, 9.17) is 4.74 Å². The Hall–Kier alpha value is -0.630. The summed E-state index contributed by atoms with van der Waals surface area (Å²) in [6, 6.07) is 10.5. The molecule has 2 heteroatoms. The second kappa shape index (κ2) is 3.85. The van der Waals surface area contributed by atoms with Gasteiger partial charge in [-0.05, 0) is 32.0 Å². The van der Waals surface area contributed by atoms with E-state index in [1.807, 2.05) is 38.1 Å². The first kappa shape index (κ1) is 9.46. The van der Waals surface area contributed by atoms with Crippen molar-refractivity contribution >= 4 is 12.6 Å². The first-order chi connectivity index (χ1) is 5.64. The summed E-state index contributed by atoms with van der Waals surface area (Å²) in [4.78, 5) is 0. The number of rotatable bonds is 3. The molecule has 0 bridgehead atoms. The molecule has 0 unspecified atom stereocenters. The van der Waals surface area contributed by atoms with Crippen LogP contribution in [-0.2, 0) is 0 Å². The molecule has 0 amide bonds. The molecule has 0 aromatic heterocycles. The monoisotopic (exact) mass is 181 g/mol. The van der Waals surface area contributed by atoms with Crippen molar-refractivity contribution in [3.8, 4) is 5.75 Å². The number of thiol groups is 1. The first-order valence-corrected chi connectivity index (χ1v) is 4.53. The van der Waals surface area contributed by atoms with Crippen LogP contribution in [0.3, 0.4) is 0 Å². The van der Waals surface area contributed by atoms with Crippen molar-refractivity contribution in [2.45, 2.75) is 19.4 Å². The molecule has 1 rings (SSSR count). The molecule has 1 aromatic rings. The van der Waals surface area contributed by atoms with Crippen LogP contribution in [-0.4, -0.2) is 11.4 Å². The number of hydrogen-bond donors (Lipinski definition) is 1. The highest BCUT2D eigenvalue weighted by Gasteiger charge is 2.16. The largest absolute Gasteiger partial charge is 0.487 e. The fraction of sp³-hybridized carbons (Fsp3) is 0.400. The number of benzene rings is 1. The van der Waals surface area contributed by atoms with Gasteiger partial charge in [-0.25, -0.2) is 0 Å². The van der Waals surface area contributed by atoms with Gasteiger partial charge in [-0.1, -0.05) is 12.1 Å². The maximum atomic E-state index is 5.64. The summed E-state index contributed by atoms with van der Waals surface area (Å²) in [5.74, 6) is 1.54. The van der Waals surface area contributed by atoms with Gasteiger partial charge in [-0.3, -0.25) is 0 Å². The highest BCUT2D eigenvalue weighted by molar-refractivity contribution is 7.80. The predicted octanol–water partition coefficient (Wildman–Crippen LogP) is 2.57. The predicted molar refractivity (Wildman–Crippen MR) is 53.8 cm³/mol. The van der Waals surface area contributed by atoms with E-state index >= 15 is 0 Å². The van der Waals surface area contributed by atoms with Crippen LogP contribution in [0.25, 0.3) is 0 Å². The smallest absolute Gasteiger partial charge is 0.120 e. The third kappa shape index (κ3) is 2.78. The fourth-order valence-corrected chi connectivity index (χ4v) is 0.856. The molecule has 0 N–H and O–H groups in total. The third-order valence-electron chi connectivity index (χ3n) is 1.45. The van der Waals surface area contributed by atoms with Crippen LogP contribution in [0.2, 0.25) is 0 Å². The summed E-state index contributed by atoms with van der Waals surface area (Å²) < 4.78 is 5.64. The molecule has 0 aliphatic carbocycles. The molecule has 0 aliphatic rings. The van der Waals surface area contributed by atoms with Crippen LogP contribution in [0.4, 0.5) is 0 Å². The molecule has 0 fully saturated rings. The van der Waals surface area contributed by atoms with E-state index < -0.39 is 0 Å². The molecule has 1 radical (unpaired) electrons. The minimum atomic E-state index is -0.210. The molecule has 65 valence electrons. The van der Waals surface area contributed by atoms with Crippen molar-refractivity contribution < 1.29 is 4.74 Å². The van der Waals surface area contributed by atoms with E-state index in [2.05, 4.69) is 18.7 Å². The van der Waals surface area contributed by atoms with Crippen molar-refractivity contribution in [1.82, 2.24) is 0 Å². The zero-order valence-corrected chi connectivity index (χ0v) is 8.27. The van der Waals surface area contributed by atoms with Crippen molar-refractivity contribution in [2.24, 2.45) is 0 Å². The Balaban J connectivity index is 2.64. The molecule has 0 saturated carbocycles. The van der Waals surface area contributed by atoms with Gasteiger partial charge >= 0.3 is 0 Å². The van der Waals surface area contributed by atoms with E-state index in [1.54, 1.807) is 0 Å². The molecular formula is C10H13OS. The van der Waals surface area contributed by atoms with Gasteiger partial charge in [0.05, 0.1) is 0 Å². The van der Waals surface area contributed by atoms with E-state index in [-0.39, 0.29) is 5.60 Å². The fourth-order valence-electron chi connectivity index (χ4n) is 0.792. The summed E-state index contributed by atoms with van der Waals surface area (Å²) in [5, 5.41) is 0. The van der Waals surface area contributed by atoms with E-state index in [0.29, 0.717) is 5.75 Å². The summed E-state index contributed by atoms with van der Waals surface area (Å²) in [6.07, 6.45) is 0. The zero-order chi connectivity index (χ0) is 9.03. The van der Waals surface area contributed by atoms with Crippen LogP contribution >= 0.6 is 12.6 Å². The van der Waals surface area contributed by atoms with E-state index in [9.17, 15) is 0 Å². The van der Waals surface area contributed by atoms with Gasteiger partial charge in [0.25, 0.3) is 0 Å². The average molecular weight is 181 g/mol. The summed E-state index contributed by atoms with van der Waals surface area (Å²) >= 11 is 4.20. The topological polar surface area (TPSA) is 9.23 Å². The molecule has 0 atom stereocenters. The van der Waals surface area contributed by atoms with Crippen LogP contribution in [0.1, 0.15) is 13.8 Å². The lowest BCUT2D eigenvalue weighted by atomic mass is 10.2. The SMILES string of the molecule is CC(C)(CS)Oc1c[c]ccc1. The highest BCUT2D eigenvalue weighted by Crippen LogP contribution is 2.17. The summed E-state index contributed by atoms with van der Waals surface area (Å²) in [7, 11) is 0. The second-order valence-electron chi connectivity index (χ2n) is 3.26. The van der Waals surface area contributed by atoms with Gasteiger partial charge < -0.3 is 4.74 Å². The highest BCUT2D eigenvalue weighted by atomic mass is 32.1. The Kier molecular flexibility index (Phi) is 3.04. The molecule has 0 aliphatic heterocycles. The minimum absolute atomic E-state index is 0.210. The van der Waals surface area contributed by atoms with Crippen LogP contribution in [0.15, 0.2) is 24.3 Å². The second-order valence-corrected chi connectivity index (χ2v) is 3.58. The van der Waals surface area contributed by atoms with Crippen molar-refractivity contribution in [3.63, 3.8) is 0 Å². The lowest BCUT2D eigenvalue weighted by Gasteiger charge is -2.24. The lowest BCUT2D eigenvalue weighted by Crippen LogP contribution is -2.30. The van der Waals surface area contributed by atoms with Crippen LogP contribution in [0.5, 0.6) is 5.75 Å². The molecular weight excluding hydrogens is 168 g/mol. The van der Waals surface area contributed by atoms with E-state index in [1.165, 1.54) is 0 Å². The Morgan fingerprint density at radius 3 is 2.83 bits per heavy atom. The summed E-state index contributed by atoms with van der Waals surface area (Å²) in [5.41, 5.74) is -0.210. The molecule has 12 heavy (non-hydrogen) atoms. The normalized spacial score (nSPS) is 11.2. The minimum Gasteiger partial charge on any atom is -0.487 e.